The Morgan fingerprint density at radius 3 is 2.33 bits per heavy atom. The van der Waals surface area contributed by atoms with Crippen LogP contribution in [0.15, 0.2) is 54.6 Å². The van der Waals surface area contributed by atoms with Crippen molar-refractivity contribution < 1.29 is 19.1 Å². The first-order valence-corrected chi connectivity index (χ1v) is 7.86. The first kappa shape index (κ1) is 16.1. The molecule has 0 aliphatic carbocycles. The molecule has 24 heavy (non-hydrogen) atoms. The van der Waals surface area contributed by atoms with Crippen molar-refractivity contribution in [2.45, 2.75) is 13.0 Å². The zero-order valence-electron chi connectivity index (χ0n) is 13.6. The molecule has 5 nitrogen and oxygen atoms in total. The van der Waals surface area contributed by atoms with E-state index < -0.39 is 11.9 Å². The van der Waals surface area contributed by atoms with Crippen molar-refractivity contribution in [1.29, 1.82) is 0 Å². The number of para-hydroxylation sites is 1. The number of methoxy groups -OCH3 is 1. The van der Waals surface area contributed by atoms with E-state index in [9.17, 15) is 9.59 Å². The van der Waals surface area contributed by atoms with Crippen LogP contribution in [0.3, 0.4) is 0 Å². The van der Waals surface area contributed by atoms with Crippen molar-refractivity contribution in [1.82, 2.24) is 0 Å². The van der Waals surface area contributed by atoms with Gasteiger partial charge < -0.3 is 14.4 Å². The minimum Gasteiger partial charge on any atom is -0.497 e. The fourth-order valence-electron chi connectivity index (χ4n) is 2.97. The predicted molar refractivity (Wildman–Crippen MR) is 89.8 cm³/mol. The molecule has 2 atom stereocenters. The summed E-state index contributed by atoms with van der Waals surface area (Å²) < 4.78 is 10.3. The van der Waals surface area contributed by atoms with Crippen LogP contribution in [0.4, 0.5) is 5.69 Å². The minimum atomic E-state index is -0.807. The molecule has 1 aliphatic rings. The number of carbonyl (C=O) groups excluding carboxylic acids is 2. The maximum Gasteiger partial charge on any atom is 0.321 e. The predicted octanol–water partition coefficient (Wildman–Crippen LogP) is 2.96. The quantitative estimate of drug-likeness (QED) is 0.482. The molecule has 0 saturated carbocycles. The van der Waals surface area contributed by atoms with Crippen LogP contribution in [0, 0.1) is 5.92 Å². The van der Waals surface area contributed by atoms with Crippen LogP contribution in [-0.4, -0.2) is 25.6 Å². The number of carbonyl (C=O) groups is 2. The van der Waals surface area contributed by atoms with Gasteiger partial charge in [0.1, 0.15) is 5.75 Å². The Balaban J connectivity index is 1.96. The SMILES string of the molecule is CCOC(=O)[C@@H]1C(=O)N(c2ccccc2)[C@H]1c1ccc(OC)cc1. The van der Waals surface area contributed by atoms with E-state index in [0.717, 1.165) is 17.0 Å². The summed E-state index contributed by atoms with van der Waals surface area (Å²) >= 11 is 0. The summed E-state index contributed by atoms with van der Waals surface area (Å²) in [5.74, 6) is -0.794. The molecule has 0 unspecified atom stereocenters. The Labute approximate surface area is 140 Å². The number of rotatable bonds is 5. The highest BCUT2D eigenvalue weighted by Gasteiger charge is 2.53. The molecular formula is C19H19NO4. The first-order chi connectivity index (χ1) is 11.7. The topological polar surface area (TPSA) is 55.8 Å². The van der Waals surface area contributed by atoms with Gasteiger partial charge in [0, 0.05) is 5.69 Å². The van der Waals surface area contributed by atoms with Gasteiger partial charge in [0.2, 0.25) is 5.91 Å². The standard InChI is InChI=1S/C19H19NO4/c1-3-24-19(22)16-17(13-9-11-15(23-2)12-10-13)20(18(16)21)14-7-5-4-6-8-14/h4-12,16-17H,3H2,1-2H3/t16-,17-/m0/s1. The molecule has 0 bridgehead atoms. The lowest BCUT2D eigenvalue weighted by Crippen LogP contribution is -2.58. The summed E-state index contributed by atoms with van der Waals surface area (Å²) in [6.45, 7) is 1.99. The van der Waals surface area contributed by atoms with Crippen molar-refractivity contribution in [3.05, 3.63) is 60.2 Å². The second-order valence-electron chi connectivity index (χ2n) is 5.49. The highest BCUT2D eigenvalue weighted by atomic mass is 16.5. The smallest absolute Gasteiger partial charge is 0.321 e. The van der Waals surface area contributed by atoms with Gasteiger partial charge in [-0.25, -0.2) is 0 Å². The average Bonchev–Trinajstić information content (AvgIpc) is 2.61. The van der Waals surface area contributed by atoms with Gasteiger partial charge in [-0.1, -0.05) is 30.3 Å². The van der Waals surface area contributed by atoms with E-state index in [4.69, 9.17) is 9.47 Å². The summed E-state index contributed by atoms with van der Waals surface area (Å²) in [5.41, 5.74) is 1.64. The molecule has 124 valence electrons. The largest absolute Gasteiger partial charge is 0.497 e. The Hall–Kier alpha value is -2.82. The summed E-state index contributed by atoms with van der Waals surface area (Å²) in [7, 11) is 1.60. The fourth-order valence-corrected chi connectivity index (χ4v) is 2.97. The van der Waals surface area contributed by atoms with Gasteiger partial charge in [0.05, 0.1) is 19.8 Å². The van der Waals surface area contributed by atoms with E-state index in [0.29, 0.717) is 0 Å². The van der Waals surface area contributed by atoms with E-state index in [1.807, 2.05) is 54.6 Å². The molecule has 0 N–H and O–H groups in total. The van der Waals surface area contributed by atoms with Crippen LogP contribution in [-0.2, 0) is 14.3 Å². The Bertz CT molecular complexity index is 727. The maximum atomic E-state index is 12.6. The molecule has 2 aromatic carbocycles. The van der Waals surface area contributed by atoms with Crippen LogP contribution < -0.4 is 9.64 Å². The number of ether oxygens (including phenoxy) is 2. The van der Waals surface area contributed by atoms with Gasteiger partial charge in [-0.15, -0.1) is 0 Å². The number of amides is 1. The lowest BCUT2D eigenvalue weighted by molar-refractivity contribution is -0.157. The Morgan fingerprint density at radius 1 is 1.08 bits per heavy atom. The third kappa shape index (κ3) is 2.73. The first-order valence-electron chi connectivity index (χ1n) is 7.86. The number of nitrogens with zero attached hydrogens (tertiary/aromatic N) is 1. The molecular weight excluding hydrogens is 306 g/mol. The van der Waals surface area contributed by atoms with Crippen molar-refractivity contribution in [3.8, 4) is 5.75 Å². The van der Waals surface area contributed by atoms with Gasteiger partial charge in [0.25, 0.3) is 0 Å². The molecule has 0 radical (unpaired) electrons. The van der Waals surface area contributed by atoms with E-state index in [1.165, 1.54) is 0 Å². The van der Waals surface area contributed by atoms with Gasteiger partial charge in [-0.3, -0.25) is 9.59 Å². The molecule has 1 fully saturated rings. The van der Waals surface area contributed by atoms with Crippen LogP contribution in [0.2, 0.25) is 0 Å². The van der Waals surface area contributed by atoms with E-state index >= 15 is 0 Å². The van der Waals surface area contributed by atoms with Crippen LogP contribution >= 0.6 is 0 Å². The molecule has 1 heterocycles. The molecule has 1 saturated heterocycles. The molecule has 1 aliphatic heterocycles. The summed E-state index contributed by atoms with van der Waals surface area (Å²) in [5, 5.41) is 0. The lowest BCUT2D eigenvalue weighted by Gasteiger charge is -2.45. The Kier molecular flexibility index (Phi) is 4.51. The van der Waals surface area contributed by atoms with Crippen molar-refractivity contribution >= 4 is 17.6 Å². The van der Waals surface area contributed by atoms with Crippen molar-refractivity contribution in [2.24, 2.45) is 5.92 Å². The number of hydrogen-bond donors (Lipinski definition) is 0. The highest BCUT2D eigenvalue weighted by molar-refractivity contribution is 6.14. The maximum absolute atomic E-state index is 12.6. The third-order valence-electron chi connectivity index (χ3n) is 4.13. The van der Waals surface area contributed by atoms with Gasteiger partial charge in [0.15, 0.2) is 5.92 Å². The minimum absolute atomic E-state index is 0.236. The number of benzene rings is 2. The molecule has 5 heteroatoms. The molecule has 0 spiro atoms. The molecule has 2 aromatic rings. The average molecular weight is 325 g/mol. The fraction of sp³-hybridized carbons (Fsp3) is 0.263. The van der Waals surface area contributed by atoms with Gasteiger partial charge in [-0.2, -0.15) is 0 Å². The number of esters is 1. The van der Waals surface area contributed by atoms with Crippen molar-refractivity contribution in [3.63, 3.8) is 0 Å². The zero-order chi connectivity index (χ0) is 17.1. The normalized spacial score (nSPS) is 19.6. The van der Waals surface area contributed by atoms with Crippen LogP contribution in [0.1, 0.15) is 18.5 Å². The third-order valence-corrected chi connectivity index (χ3v) is 4.13. The van der Waals surface area contributed by atoms with E-state index in [1.54, 1.807) is 18.9 Å². The summed E-state index contributed by atoms with van der Waals surface area (Å²) in [4.78, 5) is 26.5. The molecule has 3 rings (SSSR count). The molecule has 0 aromatic heterocycles. The zero-order valence-corrected chi connectivity index (χ0v) is 13.6. The number of anilines is 1. The number of β-lactam (4-membered cyclic amide) rings is 1. The van der Waals surface area contributed by atoms with Crippen LogP contribution in [0.25, 0.3) is 0 Å². The van der Waals surface area contributed by atoms with E-state index in [2.05, 4.69) is 0 Å². The second-order valence-corrected chi connectivity index (χ2v) is 5.49. The van der Waals surface area contributed by atoms with Gasteiger partial charge >= 0.3 is 5.97 Å². The second kappa shape index (κ2) is 6.74. The number of hydrogen-bond acceptors (Lipinski definition) is 4. The lowest BCUT2D eigenvalue weighted by atomic mass is 9.81. The van der Waals surface area contributed by atoms with Crippen molar-refractivity contribution in [2.75, 3.05) is 18.6 Å². The Morgan fingerprint density at radius 2 is 1.75 bits per heavy atom. The molecule has 1 amide bonds. The monoisotopic (exact) mass is 325 g/mol. The van der Waals surface area contributed by atoms with E-state index in [-0.39, 0.29) is 18.6 Å². The summed E-state index contributed by atoms with van der Waals surface area (Å²) in [6.07, 6.45) is 0. The summed E-state index contributed by atoms with van der Waals surface area (Å²) in [6, 6.07) is 16.4. The van der Waals surface area contributed by atoms with Gasteiger partial charge in [-0.05, 0) is 36.8 Å². The highest BCUT2D eigenvalue weighted by Crippen LogP contribution is 2.44. The van der Waals surface area contributed by atoms with Crippen LogP contribution in [0.5, 0.6) is 5.75 Å².